The summed E-state index contributed by atoms with van der Waals surface area (Å²) in [6.45, 7) is 10.9. The van der Waals surface area contributed by atoms with E-state index >= 15 is 0 Å². The van der Waals surface area contributed by atoms with Crippen LogP contribution in [0.5, 0.6) is 0 Å². The lowest BCUT2D eigenvalue weighted by Gasteiger charge is -2.22. The lowest BCUT2D eigenvalue weighted by atomic mass is 9.80. The van der Waals surface area contributed by atoms with E-state index in [0.717, 1.165) is 16.7 Å². The van der Waals surface area contributed by atoms with E-state index in [2.05, 4.69) is 75.9 Å². The third kappa shape index (κ3) is 2.65. The van der Waals surface area contributed by atoms with Gasteiger partial charge in [0.2, 0.25) is 0 Å². The number of Topliss-reactive ketones (excluding diaryl/α,β-unsaturated/α-hetero) is 1. The molecule has 30 heavy (non-hydrogen) atoms. The molecular formula is C29H26O. The monoisotopic (exact) mass is 390 g/mol. The average Bonchev–Trinajstić information content (AvgIpc) is 3.12. The summed E-state index contributed by atoms with van der Waals surface area (Å²) in [5, 5.41) is 0. The Kier molecular flexibility index (Phi) is 4.18. The van der Waals surface area contributed by atoms with Crippen LogP contribution < -0.4 is 0 Å². The van der Waals surface area contributed by atoms with Crippen LogP contribution in [0, 0.1) is 5.92 Å². The van der Waals surface area contributed by atoms with Crippen LogP contribution in [0.25, 0.3) is 22.8 Å². The highest BCUT2D eigenvalue weighted by molar-refractivity contribution is 6.13. The van der Waals surface area contributed by atoms with Gasteiger partial charge >= 0.3 is 0 Å². The van der Waals surface area contributed by atoms with Crippen LogP contribution in [0.3, 0.4) is 0 Å². The highest BCUT2D eigenvalue weighted by Crippen LogP contribution is 2.49. The summed E-state index contributed by atoms with van der Waals surface area (Å²) in [6.07, 6.45) is 4.94. The van der Waals surface area contributed by atoms with Crippen LogP contribution in [-0.4, -0.2) is 5.78 Å². The molecule has 0 aromatic heterocycles. The molecule has 3 aromatic rings. The van der Waals surface area contributed by atoms with E-state index in [-0.39, 0.29) is 17.1 Å². The fourth-order valence-electron chi connectivity index (χ4n) is 5.19. The number of hydrogen-bond donors (Lipinski definition) is 0. The molecule has 2 aliphatic rings. The van der Waals surface area contributed by atoms with Gasteiger partial charge in [0.1, 0.15) is 0 Å². The van der Waals surface area contributed by atoms with Crippen LogP contribution in [0.4, 0.5) is 0 Å². The van der Waals surface area contributed by atoms with Gasteiger partial charge in [-0.05, 0) is 57.9 Å². The maximum atomic E-state index is 13.0. The van der Waals surface area contributed by atoms with Crippen molar-refractivity contribution in [1.29, 1.82) is 0 Å². The number of ketones is 1. The van der Waals surface area contributed by atoms with E-state index in [1.54, 1.807) is 0 Å². The number of allylic oxidation sites excluding steroid dienone is 2. The van der Waals surface area contributed by atoms with Crippen LogP contribution in [0.1, 0.15) is 58.9 Å². The molecule has 1 atom stereocenters. The van der Waals surface area contributed by atoms with Crippen LogP contribution in [-0.2, 0) is 11.8 Å². The highest BCUT2D eigenvalue weighted by Gasteiger charge is 2.37. The van der Waals surface area contributed by atoms with E-state index in [0.29, 0.717) is 6.42 Å². The Labute approximate surface area is 178 Å². The summed E-state index contributed by atoms with van der Waals surface area (Å²) in [6, 6.07) is 21.3. The molecule has 1 nitrogen and oxygen atoms in total. The third-order valence-corrected chi connectivity index (χ3v) is 6.84. The van der Waals surface area contributed by atoms with Crippen molar-refractivity contribution in [3.05, 3.63) is 107 Å². The molecule has 0 fully saturated rings. The van der Waals surface area contributed by atoms with Gasteiger partial charge in [-0.3, -0.25) is 4.79 Å². The number of carbonyl (C=O) groups is 1. The van der Waals surface area contributed by atoms with Gasteiger partial charge in [-0.2, -0.15) is 0 Å². The molecule has 0 saturated carbocycles. The summed E-state index contributed by atoms with van der Waals surface area (Å²) < 4.78 is 0. The van der Waals surface area contributed by atoms with Gasteiger partial charge in [0.25, 0.3) is 0 Å². The molecule has 0 bridgehead atoms. The minimum Gasteiger partial charge on any atom is -0.293 e. The first-order valence-electron chi connectivity index (χ1n) is 10.6. The van der Waals surface area contributed by atoms with E-state index in [9.17, 15) is 4.79 Å². The van der Waals surface area contributed by atoms with Gasteiger partial charge < -0.3 is 0 Å². The van der Waals surface area contributed by atoms with Gasteiger partial charge in [-0.1, -0.05) is 93.2 Å². The van der Waals surface area contributed by atoms with Crippen molar-refractivity contribution in [2.75, 3.05) is 0 Å². The Hall–Kier alpha value is -3.19. The fourth-order valence-corrected chi connectivity index (χ4v) is 5.19. The first kappa shape index (κ1) is 18.8. The summed E-state index contributed by atoms with van der Waals surface area (Å²) in [5.41, 5.74) is 10.5. The van der Waals surface area contributed by atoms with Gasteiger partial charge in [-0.15, -0.1) is 0 Å². The van der Waals surface area contributed by atoms with Crippen molar-refractivity contribution in [1.82, 2.24) is 0 Å². The highest BCUT2D eigenvalue weighted by atomic mass is 16.1. The molecule has 0 saturated heterocycles. The van der Waals surface area contributed by atoms with Gasteiger partial charge in [0.05, 0.1) is 5.92 Å². The number of rotatable bonds is 3. The topological polar surface area (TPSA) is 17.1 Å². The largest absolute Gasteiger partial charge is 0.293 e. The molecule has 148 valence electrons. The van der Waals surface area contributed by atoms with E-state index in [1.165, 1.54) is 33.4 Å². The Bertz CT molecular complexity index is 1200. The van der Waals surface area contributed by atoms with Crippen LogP contribution in [0.2, 0.25) is 0 Å². The Morgan fingerprint density at radius 3 is 2.27 bits per heavy atom. The zero-order valence-corrected chi connectivity index (χ0v) is 17.8. The van der Waals surface area contributed by atoms with E-state index in [4.69, 9.17) is 0 Å². The number of carbonyl (C=O) groups excluding carboxylic acids is 1. The zero-order valence-electron chi connectivity index (χ0n) is 17.8. The molecule has 0 radical (unpaired) electrons. The van der Waals surface area contributed by atoms with Crippen LogP contribution >= 0.6 is 0 Å². The second-order valence-electron chi connectivity index (χ2n) is 9.00. The normalized spacial score (nSPS) is 18.6. The SMILES string of the molecule is C=C1c2ccccc2C(=O)C1Cc1ccc2c(c1)C(C)(C)c1cc(/C=C/C)ccc1-2. The smallest absolute Gasteiger partial charge is 0.171 e. The molecule has 3 aromatic carbocycles. The lowest BCUT2D eigenvalue weighted by Crippen LogP contribution is -2.16. The predicted octanol–water partition coefficient (Wildman–Crippen LogP) is 7.09. The maximum Gasteiger partial charge on any atom is 0.171 e. The third-order valence-electron chi connectivity index (χ3n) is 6.84. The summed E-state index contributed by atoms with van der Waals surface area (Å²) in [7, 11) is 0. The second kappa shape index (κ2) is 6.67. The quantitative estimate of drug-likeness (QED) is 0.466. The van der Waals surface area contributed by atoms with E-state index in [1.807, 2.05) is 24.3 Å². The summed E-state index contributed by atoms with van der Waals surface area (Å²) in [5.74, 6) is 0.0447. The Morgan fingerprint density at radius 2 is 1.57 bits per heavy atom. The van der Waals surface area contributed by atoms with Crippen molar-refractivity contribution in [2.45, 2.75) is 32.6 Å². The number of benzene rings is 3. The van der Waals surface area contributed by atoms with E-state index < -0.39 is 0 Å². The maximum absolute atomic E-state index is 13.0. The lowest BCUT2D eigenvalue weighted by molar-refractivity contribution is 0.0958. The van der Waals surface area contributed by atoms with Gasteiger partial charge in [0.15, 0.2) is 5.78 Å². The minimum absolute atomic E-state index is 0.0576. The molecule has 0 aliphatic heterocycles. The molecule has 2 aliphatic carbocycles. The standard InChI is InChI=1S/C29H26O/c1-5-8-19-11-13-22-23-14-12-20(17-27(23)29(3,4)26(22)16-19)15-25-18(2)21-9-6-7-10-24(21)28(25)30/h5-14,16-17,25H,2,15H2,1,3-4H3/b8-5+. The summed E-state index contributed by atoms with van der Waals surface area (Å²) >= 11 is 0. The average molecular weight is 391 g/mol. The molecule has 1 unspecified atom stereocenters. The number of hydrogen-bond acceptors (Lipinski definition) is 1. The molecule has 1 heteroatoms. The van der Waals surface area contributed by atoms with Gasteiger partial charge in [0, 0.05) is 11.0 Å². The van der Waals surface area contributed by atoms with Crippen LogP contribution in [0.15, 0.2) is 73.3 Å². The number of fused-ring (bicyclic) bond motifs is 4. The van der Waals surface area contributed by atoms with Crippen molar-refractivity contribution < 1.29 is 4.79 Å². The van der Waals surface area contributed by atoms with Crippen molar-refractivity contribution >= 4 is 17.4 Å². The molecular weight excluding hydrogens is 364 g/mol. The summed E-state index contributed by atoms with van der Waals surface area (Å²) in [4.78, 5) is 13.0. The van der Waals surface area contributed by atoms with Crippen molar-refractivity contribution in [3.8, 4) is 11.1 Å². The molecule has 5 rings (SSSR count). The zero-order chi connectivity index (χ0) is 21.0. The first-order valence-corrected chi connectivity index (χ1v) is 10.6. The minimum atomic E-state index is -0.159. The van der Waals surface area contributed by atoms with Crippen molar-refractivity contribution in [2.24, 2.45) is 5.92 Å². The Morgan fingerprint density at radius 1 is 0.900 bits per heavy atom. The first-order chi connectivity index (χ1) is 14.4. The molecule has 0 heterocycles. The molecule has 0 spiro atoms. The predicted molar refractivity (Wildman–Crippen MR) is 126 cm³/mol. The fraction of sp³-hybridized carbons (Fsp3) is 0.207. The van der Waals surface area contributed by atoms with Gasteiger partial charge in [-0.25, -0.2) is 0 Å². The molecule has 0 N–H and O–H groups in total. The second-order valence-corrected chi connectivity index (χ2v) is 9.00. The molecule has 0 amide bonds. The van der Waals surface area contributed by atoms with Crippen molar-refractivity contribution in [3.63, 3.8) is 0 Å². The Balaban J connectivity index is 1.51.